The molecule has 2 rings (SSSR count). The number of hydrogen-bond acceptors (Lipinski definition) is 3. The SMILES string of the molecule is O=CCCc1cccc2c1CCS2(=O)=O. The van der Waals surface area contributed by atoms with Crippen molar-refractivity contribution in [3.05, 3.63) is 29.3 Å². The van der Waals surface area contributed by atoms with Gasteiger partial charge in [-0.15, -0.1) is 0 Å². The molecule has 0 saturated carbocycles. The Morgan fingerprint density at radius 1 is 1.33 bits per heavy atom. The van der Waals surface area contributed by atoms with Crippen molar-refractivity contribution in [2.75, 3.05) is 5.75 Å². The molecule has 0 saturated heterocycles. The Balaban J connectivity index is 2.45. The zero-order valence-corrected chi connectivity index (χ0v) is 9.09. The maximum atomic E-state index is 11.6. The van der Waals surface area contributed by atoms with Gasteiger partial charge in [-0.25, -0.2) is 8.42 Å². The van der Waals surface area contributed by atoms with Crippen LogP contribution in [0, 0.1) is 0 Å². The second-order valence-corrected chi connectivity index (χ2v) is 5.75. The van der Waals surface area contributed by atoms with E-state index in [9.17, 15) is 13.2 Å². The number of rotatable bonds is 3. The van der Waals surface area contributed by atoms with Gasteiger partial charge in [-0.1, -0.05) is 12.1 Å². The zero-order chi connectivity index (χ0) is 10.9. The average molecular weight is 224 g/mol. The van der Waals surface area contributed by atoms with Crippen molar-refractivity contribution >= 4 is 16.1 Å². The van der Waals surface area contributed by atoms with E-state index in [-0.39, 0.29) is 5.75 Å². The molecule has 1 aliphatic rings. The van der Waals surface area contributed by atoms with Crippen LogP contribution in [0.25, 0.3) is 0 Å². The van der Waals surface area contributed by atoms with E-state index in [1.165, 1.54) is 0 Å². The van der Waals surface area contributed by atoms with E-state index in [0.29, 0.717) is 24.2 Å². The van der Waals surface area contributed by atoms with Crippen LogP contribution >= 0.6 is 0 Å². The van der Waals surface area contributed by atoms with Crippen molar-refractivity contribution < 1.29 is 13.2 Å². The van der Waals surface area contributed by atoms with Gasteiger partial charge in [0.15, 0.2) is 9.84 Å². The Bertz CT molecular complexity index is 489. The molecule has 1 heterocycles. The van der Waals surface area contributed by atoms with Gasteiger partial charge in [0.1, 0.15) is 6.29 Å². The Kier molecular flexibility index (Phi) is 2.61. The Labute approximate surface area is 89.0 Å². The van der Waals surface area contributed by atoms with Crippen LogP contribution < -0.4 is 0 Å². The largest absolute Gasteiger partial charge is 0.303 e. The molecule has 0 unspecified atom stereocenters. The van der Waals surface area contributed by atoms with E-state index in [2.05, 4.69) is 0 Å². The van der Waals surface area contributed by atoms with Gasteiger partial charge in [0.2, 0.25) is 0 Å². The molecule has 80 valence electrons. The number of hydrogen-bond donors (Lipinski definition) is 0. The third-order valence-electron chi connectivity index (χ3n) is 2.72. The van der Waals surface area contributed by atoms with Crippen molar-refractivity contribution in [2.24, 2.45) is 0 Å². The van der Waals surface area contributed by atoms with Gasteiger partial charge in [0, 0.05) is 6.42 Å². The number of benzene rings is 1. The highest BCUT2D eigenvalue weighted by Crippen LogP contribution is 2.28. The number of carbonyl (C=O) groups is 1. The van der Waals surface area contributed by atoms with Crippen LogP contribution in [0.2, 0.25) is 0 Å². The lowest BCUT2D eigenvalue weighted by atomic mass is 10.0. The van der Waals surface area contributed by atoms with E-state index >= 15 is 0 Å². The summed E-state index contributed by atoms with van der Waals surface area (Å²) in [7, 11) is -3.04. The third-order valence-corrected chi connectivity index (χ3v) is 4.51. The lowest BCUT2D eigenvalue weighted by Gasteiger charge is -2.04. The van der Waals surface area contributed by atoms with Crippen LogP contribution in [-0.4, -0.2) is 20.5 Å². The van der Waals surface area contributed by atoms with E-state index in [1.807, 2.05) is 6.07 Å². The first-order valence-electron chi connectivity index (χ1n) is 4.92. The predicted molar refractivity (Wildman–Crippen MR) is 56.6 cm³/mol. The molecule has 15 heavy (non-hydrogen) atoms. The van der Waals surface area contributed by atoms with Crippen molar-refractivity contribution in [1.82, 2.24) is 0 Å². The molecule has 0 fully saturated rings. The van der Waals surface area contributed by atoms with Crippen molar-refractivity contribution in [3.63, 3.8) is 0 Å². The summed E-state index contributed by atoms with van der Waals surface area (Å²) in [6.45, 7) is 0. The molecule has 1 aromatic rings. The topological polar surface area (TPSA) is 51.2 Å². The average Bonchev–Trinajstić information content (AvgIpc) is 2.53. The summed E-state index contributed by atoms with van der Waals surface area (Å²) in [6.07, 6.45) is 2.55. The summed E-state index contributed by atoms with van der Waals surface area (Å²) < 4.78 is 23.2. The summed E-state index contributed by atoms with van der Waals surface area (Å²) >= 11 is 0. The molecule has 0 aliphatic carbocycles. The number of sulfone groups is 1. The second-order valence-electron chi connectivity index (χ2n) is 3.67. The predicted octanol–water partition coefficient (Wildman–Crippen LogP) is 1.15. The molecule has 1 aromatic carbocycles. The van der Waals surface area contributed by atoms with Crippen LogP contribution in [0.5, 0.6) is 0 Å². The fourth-order valence-electron chi connectivity index (χ4n) is 1.98. The Morgan fingerprint density at radius 2 is 2.13 bits per heavy atom. The van der Waals surface area contributed by atoms with Gasteiger partial charge in [-0.3, -0.25) is 0 Å². The van der Waals surface area contributed by atoms with E-state index in [4.69, 9.17) is 0 Å². The van der Waals surface area contributed by atoms with Crippen LogP contribution in [0.1, 0.15) is 17.5 Å². The molecule has 0 atom stereocenters. The van der Waals surface area contributed by atoms with Gasteiger partial charge in [-0.2, -0.15) is 0 Å². The normalized spacial score (nSPS) is 17.3. The first-order valence-corrected chi connectivity index (χ1v) is 6.57. The molecule has 1 aliphatic heterocycles. The maximum absolute atomic E-state index is 11.6. The van der Waals surface area contributed by atoms with Crippen LogP contribution in [0.3, 0.4) is 0 Å². The lowest BCUT2D eigenvalue weighted by Crippen LogP contribution is -1.98. The third kappa shape index (κ3) is 1.81. The fraction of sp³-hybridized carbons (Fsp3) is 0.364. The summed E-state index contributed by atoms with van der Waals surface area (Å²) in [4.78, 5) is 10.8. The molecule has 4 heteroatoms. The standard InChI is InChI=1S/C11H12O3S/c12-7-2-4-9-3-1-5-11-10(9)6-8-15(11,13)14/h1,3,5,7H,2,4,6,8H2. The lowest BCUT2D eigenvalue weighted by molar-refractivity contribution is -0.107. The van der Waals surface area contributed by atoms with Gasteiger partial charge >= 0.3 is 0 Å². The van der Waals surface area contributed by atoms with Gasteiger partial charge in [-0.05, 0) is 30.0 Å². The van der Waals surface area contributed by atoms with Gasteiger partial charge in [0.25, 0.3) is 0 Å². The van der Waals surface area contributed by atoms with Gasteiger partial charge < -0.3 is 4.79 Å². The zero-order valence-electron chi connectivity index (χ0n) is 8.27. The van der Waals surface area contributed by atoms with Crippen molar-refractivity contribution in [2.45, 2.75) is 24.2 Å². The van der Waals surface area contributed by atoms with Crippen LogP contribution in [0.4, 0.5) is 0 Å². The number of fused-ring (bicyclic) bond motifs is 1. The van der Waals surface area contributed by atoms with Gasteiger partial charge in [0.05, 0.1) is 10.6 Å². The Hall–Kier alpha value is -1.16. The van der Waals surface area contributed by atoms with E-state index < -0.39 is 9.84 Å². The quantitative estimate of drug-likeness (QED) is 0.724. The summed E-state index contributed by atoms with van der Waals surface area (Å²) in [6, 6.07) is 5.31. The minimum absolute atomic E-state index is 0.209. The Morgan fingerprint density at radius 3 is 2.87 bits per heavy atom. The van der Waals surface area contributed by atoms with Crippen molar-refractivity contribution in [1.29, 1.82) is 0 Å². The molecule has 0 radical (unpaired) electrons. The first-order chi connectivity index (χ1) is 7.15. The molecular formula is C11H12O3S. The fourth-order valence-corrected chi connectivity index (χ4v) is 3.57. The van der Waals surface area contributed by atoms with Crippen molar-refractivity contribution in [3.8, 4) is 0 Å². The van der Waals surface area contributed by atoms with E-state index in [0.717, 1.165) is 17.4 Å². The molecule has 0 aromatic heterocycles. The summed E-state index contributed by atoms with van der Waals surface area (Å²) in [5.41, 5.74) is 1.92. The minimum Gasteiger partial charge on any atom is -0.303 e. The molecule has 0 bridgehead atoms. The highest BCUT2D eigenvalue weighted by Gasteiger charge is 2.27. The van der Waals surface area contributed by atoms with E-state index in [1.54, 1.807) is 12.1 Å². The highest BCUT2D eigenvalue weighted by molar-refractivity contribution is 7.91. The molecule has 0 spiro atoms. The molecule has 0 amide bonds. The number of carbonyl (C=O) groups excluding carboxylic acids is 1. The molecule has 3 nitrogen and oxygen atoms in total. The summed E-state index contributed by atoms with van der Waals surface area (Å²) in [5.74, 6) is 0.209. The minimum atomic E-state index is -3.04. The van der Waals surface area contributed by atoms with Crippen LogP contribution in [0.15, 0.2) is 23.1 Å². The summed E-state index contributed by atoms with van der Waals surface area (Å²) in [5, 5.41) is 0. The number of aldehydes is 1. The monoisotopic (exact) mass is 224 g/mol. The maximum Gasteiger partial charge on any atom is 0.178 e. The van der Waals surface area contributed by atoms with Crippen LogP contribution in [-0.2, 0) is 27.5 Å². The molecule has 0 N–H and O–H groups in total. The number of aryl methyl sites for hydroxylation is 1. The second kappa shape index (κ2) is 3.77. The smallest absolute Gasteiger partial charge is 0.178 e. The molecular weight excluding hydrogens is 212 g/mol. The highest BCUT2D eigenvalue weighted by atomic mass is 32.2. The first kappa shape index (κ1) is 10.4.